The number of hydrogen-bond acceptors (Lipinski definition) is 7. The quantitative estimate of drug-likeness (QED) is 0.456. The minimum Gasteiger partial charge on any atom is -0.341 e. The highest BCUT2D eigenvalue weighted by atomic mass is 32.2. The van der Waals surface area contributed by atoms with Crippen molar-refractivity contribution in [2.75, 3.05) is 29.1 Å². The molecule has 33 heavy (non-hydrogen) atoms. The molecule has 2 fully saturated rings. The van der Waals surface area contributed by atoms with E-state index >= 15 is 0 Å². The number of aromatic nitrogens is 4. The number of thioether (sulfide) groups is 1. The Morgan fingerprint density at radius 1 is 1.12 bits per heavy atom. The molecule has 1 saturated heterocycles. The molecule has 1 aliphatic heterocycles. The molecule has 1 aliphatic carbocycles. The van der Waals surface area contributed by atoms with E-state index in [0.717, 1.165) is 35.5 Å². The lowest BCUT2D eigenvalue weighted by atomic mass is 9.98. The first-order valence-corrected chi connectivity index (χ1v) is 13.5. The van der Waals surface area contributed by atoms with E-state index in [1.54, 1.807) is 0 Å². The number of anilines is 2. The van der Waals surface area contributed by atoms with E-state index in [4.69, 9.17) is 0 Å². The van der Waals surface area contributed by atoms with Gasteiger partial charge in [0.2, 0.25) is 11.9 Å². The van der Waals surface area contributed by atoms with Gasteiger partial charge in [0.15, 0.2) is 10.3 Å². The lowest BCUT2D eigenvalue weighted by Crippen LogP contribution is -2.32. The molecule has 2 aromatic heterocycles. The van der Waals surface area contributed by atoms with Gasteiger partial charge in [-0.3, -0.25) is 9.36 Å². The number of rotatable bonds is 7. The molecular weight excluding hydrogens is 452 g/mol. The van der Waals surface area contributed by atoms with Gasteiger partial charge < -0.3 is 10.2 Å². The van der Waals surface area contributed by atoms with Crippen LogP contribution in [-0.4, -0.2) is 44.5 Å². The number of benzene rings is 1. The second-order valence-electron chi connectivity index (χ2n) is 9.08. The molecule has 174 valence electrons. The van der Waals surface area contributed by atoms with Crippen molar-refractivity contribution >= 4 is 40.1 Å². The van der Waals surface area contributed by atoms with E-state index in [0.29, 0.717) is 16.9 Å². The zero-order chi connectivity index (χ0) is 22.9. The number of hydrogen-bond donors (Lipinski definition) is 1. The number of piperidine rings is 1. The van der Waals surface area contributed by atoms with E-state index in [1.807, 2.05) is 5.38 Å². The fraction of sp³-hybridized carbons (Fsp3) is 0.500. The molecule has 3 heterocycles. The van der Waals surface area contributed by atoms with E-state index < -0.39 is 0 Å². The van der Waals surface area contributed by atoms with E-state index in [2.05, 4.69) is 62.9 Å². The third-order valence-electron chi connectivity index (χ3n) is 6.21. The molecule has 9 heteroatoms. The molecule has 7 nitrogen and oxygen atoms in total. The zero-order valence-electron chi connectivity index (χ0n) is 19.4. The minimum atomic E-state index is -0.0666. The Kier molecular flexibility index (Phi) is 6.42. The predicted octanol–water partition coefficient (Wildman–Crippen LogP) is 5.38. The highest BCUT2D eigenvalue weighted by Crippen LogP contribution is 2.41. The van der Waals surface area contributed by atoms with Crippen LogP contribution in [-0.2, 0) is 4.79 Å². The number of nitrogens with one attached hydrogen (secondary N) is 1. The van der Waals surface area contributed by atoms with Crippen molar-refractivity contribution in [1.82, 2.24) is 19.7 Å². The smallest absolute Gasteiger partial charge is 0.236 e. The third-order valence-corrected chi connectivity index (χ3v) is 7.91. The Labute approximate surface area is 203 Å². The van der Waals surface area contributed by atoms with Gasteiger partial charge in [0.05, 0.1) is 11.4 Å². The maximum atomic E-state index is 12.7. The number of nitrogens with zero attached hydrogens (tertiary/aromatic N) is 5. The summed E-state index contributed by atoms with van der Waals surface area (Å²) in [5.74, 6) is 1.21. The van der Waals surface area contributed by atoms with E-state index in [1.165, 1.54) is 71.9 Å². The summed E-state index contributed by atoms with van der Waals surface area (Å²) in [5, 5.41) is 15.4. The van der Waals surface area contributed by atoms with Crippen molar-refractivity contribution in [3.05, 3.63) is 34.2 Å². The third kappa shape index (κ3) is 4.94. The monoisotopic (exact) mass is 482 g/mol. The summed E-state index contributed by atoms with van der Waals surface area (Å²) in [5.41, 5.74) is 5.72. The van der Waals surface area contributed by atoms with Crippen LogP contribution in [0.2, 0.25) is 0 Å². The number of aryl methyl sites for hydroxylation is 3. The van der Waals surface area contributed by atoms with Gasteiger partial charge in [0.1, 0.15) is 0 Å². The molecule has 0 radical (unpaired) electrons. The van der Waals surface area contributed by atoms with Crippen molar-refractivity contribution in [1.29, 1.82) is 0 Å². The Bertz CT molecular complexity index is 1140. The first-order valence-electron chi connectivity index (χ1n) is 11.7. The molecule has 0 spiro atoms. The average Bonchev–Trinajstić information content (AvgIpc) is 3.37. The number of thiazole rings is 1. The van der Waals surface area contributed by atoms with Crippen molar-refractivity contribution in [3.8, 4) is 11.3 Å². The van der Waals surface area contributed by atoms with Crippen LogP contribution >= 0.6 is 23.1 Å². The summed E-state index contributed by atoms with van der Waals surface area (Å²) in [6.07, 6.45) is 6.04. The lowest BCUT2D eigenvalue weighted by Gasteiger charge is -2.27. The highest BCUT2D eigenvalue weighted by Gasteiger charge is 2.32. The Hall–Kier alpha value is -2.39. The fourth-order valence-electron chi connectivity index (χ4n) is 4.65. The molecular formula is C24H30N6OS2. The SMILES string of the molecule is Cc1cc(C)c(-c2csc(NC(=O)CSc3nnc(N4CCCCC4)n3C3CC3)n2)c(C)c1. The molecule has 5 rings (SSSR count). The summed E-state index contributed by atoms with van der Waals surface area (Å²) in [6, 6.07) is 4.82. The lowest BCUT2D eigenvalue weighted by molar-refractivity contribution is -0.113. The first-order chi connectivity index (χ1) is 16.0. The van der Waals surface area contributed by atoms with Crippen LogP contribution < -0.4 is 10.2 Å². The Balaban J connectivity index is 1.24. The van der Waals surface area contributed by atoms with Gasteiger partial charge >= 0.3 is 0 Å². The largest absolute Gasteiger partial charge is 0.341 e. The minimum absolute atomic E-state index is 0.0666. The Morgan fingerprint density at radius 3 is 2.55 bits per heavy atom. The first kappa shape index (κ1) is 22.4. The summed E-state index contributed by atoms with van der Waals surface area (Å²) in [4.78, 5) is 19.7. The van der Waals surface area contributed by atoms with E-state index in [-0.39, 0.29) is 5.91 Å². The van der Waals surface area contributed by atoms with Crippen LogP contribution in [0.5, 0.6) is 0 Å². The van der Waals surface area contributed by atoms with Crippen molar-refractivity contribution < 1.29 is 4.79 Å². The van der Waals surface area contributed by atoms with Crippen LogP contribution in [0.3, 0.4) is 0 Å². The second kappa shape index (κ2) is 9.46. The van der Waals surface area contributed by atoms with Gasteiger partial charge in [0, 0.05) is 30.1 Å². The van der Waals surface area contributed by atoms with Gasteiger partial charge in [-0.25, -0.2) is 4.98 Å². The molecule has 1 aromatic carbocycles. The molecule has 0 unspecified atom stereocenters. The second-order valence-corrected chi connectivity index (χ2v) is 10.9. The normalized spacial score (nSPS) is 16.3. The molecule has 3 aromatic rings. The fourth-order valence-corrected chi connectivity index (χ4v) is 6.16. The van der Waals surface area contributed by atoms with Gasteiger partial charge in [-0.1, -0.05) is 29.5 Å². The molecule has 1 amide bonds. The van der Waals surface area contributed by atoms with Crippen LogP contribution in [0.1, 0.15) is 54.8 Å². The number of carbonyl (C=O) groups excluding carboxylic acids is 1. The topological polar surface area (TPSA) is 75.9 Å². The number of amides is 1. The summed E-state index contributed by atoms with van der Waals surface area (Å²) in [7, 11) is 0. The number of carbonyl (C=O) groups is 1. The van der Waals surface area contributed by atoms with Gasteiger partial charge in [-0.2, -0.15) is 0 Å². The maximum absolute atomic E-state index is 12.7. The maximum Gasteiger partial charge on any atom is 0.236 e. The predicted molar refractivity (Wildman–Crippen MR) is 135 cm³/mol. The van der Waals surface area contributed by atoms with Crippen LogP contribution in [0.25, 0.3) is 11.3 Å². The van der Waals surface area contributed by atoms with Gasteiger partial charge in [-0.05, 0) is 64.0 Å². The van der Waals surface area contributed by atoms with Crippen LogP contribution in [0.4, 0.5) is 11.1 Å². The highest BCUT2D eigenvalue weighted by molar-refractivity contribution is 7.99. The van der Waals surface area contributed by atoms with Crippen LogP contribution in [0, 0.1) is 20.8 Å². The summed E-state index contributed by atoms with van der Waals surface area (Å²) < 4.78 is 2.26. The zero-order valence-corrected chi connectivity index (χ0v) is 21.1. The molecule has 0 atom stereocenters. The van der Waals surface area contributed by atoms with Crippen molar-refractivity contribution in [2.24, 2.45) is 0 Å². The van der Waals surface area contributed by atoms with Crippen LogP contribution in [0.15, 0.2) is 22.7 Å². The molecule has 2 aliphatic rings. The molecule has 0 bridgehead atoms. The van der Waals surface area contributed by atoms with Gasteiger partial charge in [-0.15, -0.1) is 21.5 Å². The van der Waals surface area contributed by atoms with Crippen molar-refractivity contribution in [2.45, 2.75) is 64.1 Å². The van der Waals surface area contributed by atoms with E-state index in [9.17, 15) is 4.79 Å². The summed E-state index contributed by atoms with van der Waals surface area (Å²) in [6.45, 7) is 8.41. The van der Waals surface area contributed by atoms with Gasteiger partial charge in [0.25, 0.3) is 0 Å². The Morgan fingerprint density at radius 2 is 1.85 bits per heavy atom. The standard InChI is InChI=1S/C24H30N6OS2/c1-15-11-16(2)21(17(3)12-15)19-13-32-22(25-19)26-20(31)14-33-24-28-27-23(30(24)18-7-8-18)29-9-5-4-6-10-29/h11-13,18H,4-10,14H2,1-3H3,(H,25,26,31). The van der Waals surface area contributed by atoms with Crippen molar-refractivity contribution in [3.63, 3.8) is 0 Å². The summed E-state index contributed by atoms with van der Waals surface area (Å²) >= 11 is 2.93. The molecule has 1 saturated carbocycles. The molecule has 1 N–H and O–H groups in total. The average molecular weight is 483 g/mol.